The third kappa shape index (κ3) is 2.02. The lowest BCUT2D eigenvalue weighted by atomic mass is 10.1. The van der Waals surface area contributed by atoms with Gasteiger partial charge in [0.2, 0.25) is 0 Å². The number of aromatic nitrogens is 2. The highest BCUT2D eigenvalue weighted by atomic mass is 15.3. The predicted molar refractivity (Wildman–Crippen MR) is 55.6 cm³/mol. The number of hydrogen-bond donors (Lipinski definition) is 1. The second-order valence-corrected chi connectivity index (χ2v) is 3.84. The summed E-state index contributed by atoms with van der Waals surface area (Å²) in [4.78, 5) is 0. The molecule has 0 radical (unpaired) electrons. The monoisotopic (exact) mass is 181 g/mol. The van der Waals surface area contributed by atoms with Crippen molar-refractivity contribution < 1.29 is 0 Å². The molecule has 0 bridgehead atoms. The third-order valence-corrected chi connectivity index (χ3v) is 2.54. The molecular weight excluding hydrogens is 162 g/mol. The van der Waals surface area contributed by atoms with Crippen LogP contribution in [0.2, 0.25) is 0 Å². The zero-order valence-electron chi connectivity index (χ0n) is 8.91. The number of anilines is 1. The minimum atomic E-state index is 0.423. The maximum Gasteiger partial charge on any atom is 0.145 e. The summed E-state index contributed by atoms with van der Waals surface area (Å²) in [6.07, 6.45) is 0.987. The molecule has 1 atom stereocenters. The molecule has 0 amide bonds. The van der Waals surface area contributed by atoms with Crippen LogP contribution in [0.4, 0.5) is 5.82 Å². The van der Waals surface area contributed by atoms with Gasteiger partial charge in [0.25, 0.3) is 0 Å². The Labute approximate surface area is 79.9 Å². The second kappa shape index (κ2) is 3.81. The summed E-state index contributed by atoms with van der Waals surface area (Å²) in [6, 6.07) is 2.38. The molecular formula is C10H19N3. The van der Waals surface area contributed by atoms with Gasteiger partial charge in [-0.25, -0.2) is 0 Å². The van der Waals surface area contributed by atoms with Crippen LogP contribution in [0.3, 0.4) is 0 Å². The van der Waals surface area contributed by atoms with Crippen LogP contribution < -0.4 is 5.73 Å². The van der Waals surface area contributed by atoms with Crippen LogP contribution in [0.1, 0.15) is 39.4 Å². The van der Waals surface area contributed by atoms with Crippen LogP contribution >= 0.6 is 0 Å². The van der Waals surface area contributed by atoms with E-state index in [9.17, 15) is 0 Å². The zero-order chi connectivity index (χ0) is 10.0. The Morgan fingerprint density at radius 2 is 2.08 bits per heavy atom. The minimum Gasteiger partial charge on any atom is -0.382 e. The average Bonchev–Trinajstić information content (AvgIpc) is 2.45. The summed E-state index contributed by atoms with van der Waals surface area (Å²) < 4.78 is 2.04. The maximum absolute atomic E-state index is 5.66. The molecule has 0 aliphatic rings. The normalized spacial score (nSPS) is 13.6. The molecule has 2 N–H and O–H groups in total. The van der Waals surface area contributed by atoms with E-state index in [4.69, 9.17) is 5.73 Å². The summed E-state index contributed by atoms with van der Waals surface area (Å²) in [5.41, 5.74) is 6.88. The van der Waals surface area contributed by atoms with E-state index in [1.807, 2.05) is 10.7 Å². The molecule has 3 heteroatoms. The molecule has 74 valence electrons. The van der Waals surface area contributed by atoms with Gasteiger partial charge in [0.05, 0.1) is 6.04 Å². The molecule has 0 aliphatic heterocycles. The lowest BCUT2D eigenvalue weighted by Gasteiger charge is -2.18. The number of rotatable bonds is 3. The molecule has 0 fully saturated rings. The highest BCUT2D eigenvalue weighted by Crippen LogP contribution is 2.20. The van der Waals surface area contributed by atoms with Crippen LogP contribution in [-0.2, 0) is 6.42 Å². The third-order valence-electron chi connectivity index (χ3n) is 2.54. The first kappa shape index (κ1) is 10.1. The van der Waals surface area contributed by atoms with Gasteiger partial charge in [0, 0.05) is 11.8 Å². The van der Waals surface area contributed by atoms with E-state index in [2.05, 4.69) is 32.8 Å². The van der Waals surface area contributed by atoms with Gasteiger partial charge in [0.15, 0.2) is 0 Å². The van der Waals surface area contributed by atoms with Gasteiger partial charge in [-0.3, -0.25) is 4.68 Å². The summed E-state index contributed by atoms with van der Waals surface area (Å²) in [7, 11) is 0. The fourth-order valence-electron chi connectivity index (χ4n) is 1.35. The van der Waals surface area contributed by atoms with Gasteiger partial charge in [-0.2, -0.15) is 5.10 Å². The first-order chi connectivity index (χ1) is 6.06. The number of hydrogen-bond acceptors (Lipinski definition) is 2. The molecule has 1 heterocycles. The topological polar surface area (TPSA) is 43.8 Å². The Morgan fingerprint density at radius 3 is 2.54 bits per heavy atom. The zero-order valence-corrected chi connectivity index (χ0v) is 8.91. The molecule has 0 saturated carbocycles. The van der Waals surface area contributed by atoms with Crippen LogP contribution in [0.5, 0.6) is 0 Å². The lowest BCUT2D eigenvalue weighted by Crippen LogP contribution is -2.15. The van der Waals surface area contributed by atoms with Crippen molar-refractivity contribution in [2.24, 2.45) is 5.92 Å². The lowest BCUT2D eigenvalue weighted by molar-refractivity contribution is 0.367. The molecule has 1 rings (SSSR count). The van der Waals surface area contributed by atoms with Crippen molar-refractivity contribution in [3.63, 3.8) is 0 Å². The fourth-order valence-corrected chi connectivity index (χ4v) is 1.35. The summed E-state index contributed by atoms with van der Waals surface area (Å²) in [5, 5.41) is 4.30. The van der Waals surface area contributed by atoms with Crippen molar-refractivity contribution in [2.45, 2.75) is 40.2 Å². The van der Waals surface area contributed by atoms with Gasteiger partial charge in [0.1, 0.15) is 5.82 Å². The molecule has 1 aromatic heterocycles. The molecule has 1 unspecified atom stereocenters. The first-order valence-corrected chi connectivity index (χ1v) is 4.90. The van der Waals surface area contributed by atoms with E-state index in [0.29, 0.717) is 17.8 Å². The molecule has 3 nitrogen and oxygen atoms in total. The first-order valence-electron chi connectivity index (χ1n) is 4.90. The van der Waals surface area contributed by atoms with E-state index in [0.717, 1.165) is 6.42 Å². The van der Waals surface area contributed by atoms with E-state index >= 15 is 0 Å². The Hall–Kier alpha value is -0.990. The van der Waals surface area contributed by atoms with Gasteiger partial charge < -0.3 is 5.73 Å². The van der Waals surface area contributed by atoms with Gasteiger partial charge in [-0.15, -0.1) is 0 Å². The number of aryl methyl sites for hydroxylation is 1. The highest BCUT2D eigenvalue weighted by Gasteiger charge is 2.13. The Bertz CT molecular complexity index is 276. The Morgan fingerprint density at radius 1 is 1.46 bits per heavy atom. The van der Waals surface area contributed by atoms with E-state index in [1.54, 1.807) is 0 Å². The van der Waals surface area contributed by atoms with Crippen molar-refractivity contribution >= 4 is 5.82 Å². The van der Waals surface area contributed by atoms with Crippen molar-refractivity contribution in [3.8, 4) is 0 Å². The maximum atomic E-state index is 5.66. The van der Waals surface area contributed by atoms with Crippen LogP contribution in [0, 0.1) is 5.92 Å². The predicted octanol–water partition coefficient (Wildman–Crippen LogP) is 2.24. The van der Waals surface area contributed by atoms with Crippen LogP contribution in [0.25, 0.3) is 0 Å². The minimum absolute atomic E-state index is 0.423. The van der Waals surface area contributed by atoms with Gasteiger partial charge >= 0.3 is 0 Å². The average molecular weight is 181 g/mol. The Balaban J connectivity index is 2.98. The summed E-state index contributed by atoms with van der Waals surface area (Å²) in [6.45, 7) is 8.69. The SMILES string of the molecule is CCc1cc(N)nn1C(C)C(C)C. The smallest absolute Gasteiger partial charge is 0.145 e. The van der Waals surface area contributed by atoms with Crippen molar-refractivity contribution in [1.29, 1.82) is 0 Å². The standard InChI is InChI=1S/C10H19N3/c1-5-9-6-10(11)12-13(9)8(4)7(2)3/h6-8H,5H2,1-4H3,(H2,11,12). The van der Waals surface area contributed by atoms with Crippen LogP contribution in [0.15, 0.2) is 6.07 Å². The number of nitrogen functional groups attached to an aromatic ring is 1. The molecule has 0 saturated heterocycles. The summed E-state index contributed by atoms with van der Waals surface area (Å²) in [5.74, 6) is 1.22. The molecule has 13 heavy (non-hydrogen) atoms. The Kier molecular flexibility index (Phi) is 2.96. The second-order valence-electron chi connectivity index (χ2n) is 3.84. The van der Waals surface area contributed by atoms with Crippen LogP contribution in [-0.4, -0.2) is 9.78 Å². The molecule has 0 aliphatic carbocycles. The quantitative estimate of drug-likeness (QED) is 0.777. The van der Waals surface area contributed by atoms with Crippen molar-refractivity contribution in [2.75, 3.05) is 5.73 Å². The van der Waals surface area contributed by atoms with Gasteiger partial charge in [-0.05, 0) is 19.3 Å². The van der Waals surface area contributed by atoms with Crippen molar-refractivity contribution in [3.05, 3.63) is 11.8 Å². The number of nitrogens with zero attached hydrogens (tertiary/aromatic N) is 2. The van der Waals surface area contributed by atoms with E-state index < -0.39 is 0 Å². The van der Waals surface area contributed by atoms with E-state index in [1.165, 1.54) is 5.69 Å². The van der Waals surface area contributed by atoms with E-state index in [-0.39, 0.29) is 0 Å². The largest absolute Gasteiger partial charge is 0.382 e. The number of nitrogens with two attached hydrogens (primary N) is 1. The molecule has 0 spiro atoms. The summed E-state index contributed by atoms with van der Waals surface area (Å²) >= 11 is 0. The molecule has 0 aromatic carbocycles. The van der Waals surface area contributed by atoms with Gasteiger partial charge in [-0.1, -0.05) is 20.8 Å². The fraction of sp³-hybridized carbons (Fsp3) is 0.700. The highest BCUT2D eigenvalue weighted by molar-refractivity contribution is 5.29. The van der Waals surface area contributed by atoms with Crippen molar-refractivity contribution in [1.82, 2.24) is 9.78 Å². The molecule has 1 aromatic rings.